The maximum atomic E-state index is 4.72. The monoisotopic (exact) mass is 235 g/mol. The van der Waals surface area contributed by atoms with E-state index in [9.17, 15) is 0 Å². The van der Waals surface area contributed by atoms with Gasteiger partial charge in [-0.05, 0) is 50.8 Å². The van der Waals surface area contributed by atoms with Gasteiger partial charge in [0.1, 0.15) is 0 Å². The van der Waals surface area contributed by atoms with Crippen LogP contribution in [0.5, 0.6) is 0 Å². The fourth-order valence-electron chi connectivity index (χ4n) is 2.95. The minimum Gasteiger partial charge on any atom is -0.317 e. The fraction of sp³-hybridized carbons (Fsp3) is 0.786. The summed E-state index contributed by atoms with van der Waals surface area (Å²) < 4.78 is 2.13. The standard InChI is InChI=1S/C14H25N3/c1-10(2)9-13-11(3)14(17(4)16-13)12-5-7-15-8-6-12/h10,12,15H,5-9H2,1-4H3. The summed E-state index contributed by atoms with van der Waals surface area (Å²) >= 11 is 0. The molecule has 0 amide bonds. The van der Waals surface area contributed by atoms with Crippen molar-refractivity contribution in [3.8, 4) is 0 Å². The van der Waals surface area contributed by atoms with Gasteiger partial charge >= 0.3 is 0 Å². The molecule has 0 aliphatic carbocycles. The van der Waals surface area contributed by atoms with E-state index in [1.165, 1.54) is 29.8 Å². The Morgan fingerprint density at radius 3 is 2.59 bits per heavy atom. The second-order valence-electron chi connectivity index (χ2n) is 5.70. The summed E-state index contributed by atoms with van der Waals surface area (Å²) in [6.45, 7) is 9.07. The highest BCUT2D eigenvalue weighted by molar-refractivity contribution is 5.28. The van der Waals surface area contributed by atoms with Crippen molar-refractivity contribution in [2.75, 3.05) is 13.1 Å². The number of hydrogen-bond acceptors (Lipinski definition) is 2. The normalized spacial score (nSPS) is 17.9. The molecule has 3 heteroatoms. The molecule has 0 bridgehead atoms. The largest absolute Gasteiger partial charge is 0.317 e. The van der Waals surface area contributed by atoms with Gasteiger partial charge in [-0.1, -0.05) is 13.8 Å². The van der Waals surface area contributed by atoms with E-state index in [4.69, 9.17) is 5.10 Å². The Morgan fingerprint density at radius 2 is 2.00 bits per heavy atom. The van der Waals surface area contributed by atoms with Crippen LogP contribution in [0.1, 0.15) is 49.6 Å². The minimum absolute atomic E-state index is 0.685. The van der Waals surface area contributed by atoms with E-state index < -0.39 is 0 Å². The van der Waals surface area contributed by atoms with E-state index in [2.05, 4.69) is 37.8 Å². The van der Waals surface area contributed by atoms with Gasteiger partial charge in [0.05, 0.1) is 5.69 Å². The number of aromatic nitrogens is 2. The van der Waals surface area contributed by atoms with Crippen molar-refractivity contribution in [3.05, 3.63) is 17.0 Å². The van der Waals surface area contributed by atoms with E-state index >= 15 is 0 Å². The third-order valence-electron chi connectivity index (χ3n) is 3.76. The topological polar surface area (TPSA) is 29.9 Å². The molecule has 1 aromatic heterocycles. The van der Waals surface area contributed by atoms with Crippen molar-refractivity contribution in [1.82, 2.24) is 15.1 Å². The van der Waals surface area contributed by atoms with Gasteiger partial charge in [-0.15, -0.1) is 0 Å². The Hall–Kier alpha value is -0.830. The quantitative estimate of drug-likeness (QED) is 0.872. The van der Waals surface area contributed by atoms with Crippen molar-refractivity contribution in [2.24, 2.45) is 13.0 Å². The molecule has 1 aliphatic heterocycles. The van der Waals surface area contributed by atoms with Crippen molar-refractivity contribution in [2.45, 2.75) is 46.0 Å². The van der Waals surface area contributed by atoms with Gasteiger partial charge in [-0.3, -0.25) is 4.68 Å². The Bertz CT molecular complexity index is 373. The molecule has 1 saturated heterocycles. The van der Waals surface area contributed by atoms with Gasteiger partial charge in [-0.25, -0.2) is 0 Å². The van der Waals surface area contributed by atoms with Crippen molar-refractivity contribution < 1.29 is 0 Å². The molecule has 1 aromatic rings. The maximum absolute atomic E-state index is 4.72. The van der Waals surface area contributed by atoms with Crippen molar-refractivity contribution in [3.63, 3.8) is 0 Å². The lowest BCUT2D eigenvalue weighted by atomic mass is 9.91. The van der Waals surface area contributed by atoms with Crippen LogP contribution in [0.15, 0.2) is 0 Å². The molecule has 3 nitrogen and oxygen atoms in total. The van der Waals surface area contributed by atoms with Crippen LogP contribution in [0.2, 0.25) is 0 Å². The molecule has 1 fully saturated rings. The first-order chi connectivity index (χ1) is 8.09. The minimum atomic E-state index is 0.685. The van der Waals surface area contributed by atoms with Gasteiger partial charge in [0, 0.05) is 18.7 Å². The lowest BCUT2D eigenvalue weighted by Gasteiger charge is -2.23. The smallest absolute Gasteiger partial charge is 0.0659 e. The zero-order valence-corrected chi connectivity index (χ0v) is 11.6. The second-order valence-corrected chi connectivity index (χ2v) is 5.70. The van der Waals surface area contributed by atoms with Crippen LogP contribution in [0.25, 0.3) is 0 Å². The molecule has 0 aromatic carbocycles. The first-order valence-electron chi connectivity index (χ1n) is 6.82. The fourth-order valence-corrected chi connectivity index (χ4v) is 2.95. The molecular weight excluding hydrogens is 210 g/mol. The Balaban J connectivity index is 2.24. The molecule has 0 atom stereocenters. The van der Waals surface area contributed by atoms with E-state index in [0.717, 1.165) is 19.5 Å². The molecule has 17 heavy (non-hydrogen) atoms. The maximum Gasteiger partial charge on any atom is 0.0659 e. The molecule has 0 unspecified atom stereocenters. The summed E-state index contributed by atoms with van der Waals surface area (Å²) in [5.74, 6) is 1.39. The summed E-state index contributed by atoms with van der Waals surface area (Å²) in [6, 6.07) is 0. The number of nitrogens with one attached hydrogen (secondary N) is 1. The van der Waals surface area contributed by atoms with Crippen molar-refractivity contribution >= 4 is 0 Å². The summed E-state index contributed by atoms with van der Waals surface area (Å²) in [5, 5.41) is 8.15. The van der Waals surface area contributed by atoms with E-state index in [1.807, 2.05) is 0 Å². The van der Waals surface area contributed by atoms with E-state index in [1.54, 1.807) is 0 Å². The average molecular weight is 235 g/mol. The number of piperidine rings is 1. The molecule has 0 saturated carbocycles. The molecule has 96 valence electrons. The molecule has 1 N–H and O–H groups in total. The molecule has 2 rings (SSSR count). The van der Waals surface area contributed by atoms with E-state index in [0.29, 0.717) is 11.8 Å². The van der Waals surface area contributed by atoms with E-state index in [-0.39, 0.29) is 0 Å². The zero-order valence-electron chi connectivity index (χ0n) is 11.6. The SMILES string of the molecule is Cc1c(CC(C)C)nn(C)c1C1CCNCC1. The number of hydrogen-bond donors (Lipinski definition) is 1. The number of rotatable bonds is 3. The lowest BCUT2D eigenvalue weighted by molar-refractivity contribution is 0.438. The lowest BCUT2D eigenvalue weighted by Crippen LogP contribution is -2.27. The first-order valence-corrected chi connectivity index (χ1v) is 6.82. The Labute approximate surface area is 105 Å². The van der Waals surface area contributed by atoms with Gasteiger partial charge < -0.3 is 5.32 Å². The van der Waals surface area contributed by atoms with Crippen LogP contribution < -0.4 is 5.32 Å². The van der Waals surface area contributed by atoms with Crippen LogP contribution in [0.4, 0.5) is 0 Å². The zero-order chi connectivity index (χ0) is 12.4. The summed E-state index contributed by atoms with van der Waals surface area (Å²) in [4.78, 5) is 0. The van der Waals surface area contributed by atoms with Gasteiger partial charge in [-0.2, -0.15) is 5.10 Å². The van der Waals surface area contributed by atoms with Crippen LogP contribution in [-0.4, -0.2) is 22.9 Å². The molecule has 0 radical (unpaired) electrons. The van der Waals surface area contributed by atoms with Crippen molar-refractivity contribution in [1.29, 1.82) is 0 Å². The van der Waals surface area contributed by atoms with Crippen LogP contribution in [0.3, 0.4) is 0 Å². The molecule has 0 spiro atoms. The Morgan fingerprint density at radius 1 is 1.35 bits per heavy atom. The highest BCUT2D eigenvalue weighted by Crippen LogP contribution is 2.29. The third kappa shape index (κ3) is 2.71. The highest BCUT2D eigenvalue weighted by atomic mass is 15.3. The predicted molar refractivity (Wildman–Crippen MR) is 71.3 cm³/mol. The molecule has 1 aliphatic rings. The molecular formula is C14H25N3. The third-order valence-corrected chi connectivity index (χ3v) is 3.76. The second kappa shape index (κ2) is 5.21. The Kier molecular flexibility index (Phi) is 3.87. The summed E-state index contributed by atoms with van der Waals surface area (Å²) in [7, 11) is 2.11. The first kappa shape index (κ1) is 12.6. The number of nitrogens with zero attached hydrogens (tertiary/aromatic N) is 2. The summed E-state index contributed by atoms with van der Waals surface area (Å²) in [5.41, 5.74) is 4.21. The highest BCUT2D eigenvalue weighted by Gasteiger charge is 2.23. The van der Waals surface area contributed by atoms with Crippen LogP contribution in [-0.2, 0) is 13.5 Å². The molecule has 2 heterocycles. The van der Waals surface area contributed by atoms with Gasteiger partial charge in [0.2, 0.25) is 0 Å². The van der Waals surface area contributed by atoms with Gasteiger partial charge in [0.15, 0.2) is 0 Å². The van der Waals surface area contributed by atoms with Crippen LogP contribution in [0, 0.1) is 12.8 Å². The summed E-state index contributed by atoms with van der Waals surface area (Å²) in [6.07, 6.45) is 3.60. The van der Waals surface area contributed by atoms with Gasteiger partial charge in [0.25, 0.3) is 0 Å². The van der Waals surface area contributed by atoms with Crippen LogP contribution >= 0.6 is 0 Å². The average Bonchev–Trinajstić information content (AvgIpc) is 2.54. The number of aryl methyl sites for hydroxylation is 1. The predicted octanol–water partition coefficient (Wildman–Crippen LogP) is 2.39.